The largest absolute Gasteiger partial charge is 0.382 e. The molecule has 1 aliphatic rings. The van der Waals surface area contributed by atoms with E-state index in [1.54, 1.807) is 52.2 Å². The molecule has 4 aromatic rings. The number of nitrogens with zero attached hydrogens (tertiary/aromatic N) is 5. The van der Waals surface area contributed by atoms with Gasteiger partial charge in [-0.1, -0.05) is 18.7 Å². The van der Waals surface area contributed by atoms with Gasteiger partial charge in [-0.3, -0.25) is 14.2 Å². The lowest BCUT2D eigenvalue weighted by Crippen LogP contribution is -2.40. The molecule has 1 aliphatic heterocycles. The van der Waals surface area contributed by atoms with E-state index in [1.165, 1.54) is 6.08 Å². The average Bonchev–Trinajstić information content (AvgIpc) is 3.33. The van der Waals surface area contributed by atoms with Gasteiger partial charge in [0.2, 0.25) is 11.9 Å². The van der Waals surface area contributed by atoms with Gasteiger partial charge in [-0.25, -0.2) is 4.98 Å². The molecule has 1 saturated heterocycles. The van der Waals surface area contributed by atoms with Crippen LogP contribution in [0.15, 0.2) is 67.5 Å². The number of carbonyl (C=O) groups is 2. The Morgan fingerprint density at radius 1 is 1.06 bits per heavy atom. The van der Waals surface area contributed by atoms with Crippen LogP contribution in [0, 0.1) is 0 Å². The normalized spacial score (nSPS) is 13.4. The molecule has 0 saturated carbocycles. The van der Waals surface area contributed by atoms with Crippen LogP contribution >= 0.6 is 0 Å². The number of morpholine rings is 1. The van der Waals surface area contributed by atoms with Gasteiger partial charge in [0.25, 0.3) is 5.91 Å². The Bertz CT molecular complexity index is 1460. The van der Waals surface area contributed by atoms with E-state index in [9.17, 15) is 9.59 Å². The highest BCUT2D eigenvalue weighted by atomic mass is 16.5. The third kappa shape index (κ3) is 4.72. The molecule has 1 fully saturated rings. The molecular formula is C25H24N8O3. The van der Waals surface area contributed by atoms with E-state index in [-0.39, 0.29) is 23.6 Å². The van der Waals surface area contributed by atoms with Gasteiger partial charge in [-0.2, -0.15) is 9.97 Å². The first-order chi connectivity index (χ1) is 17.5. The van der Waals surface area contributed by atoms with Gasteiger partial charge >= 0.3 is 0 Å². The van der Waals surface area contributed by atoms with Crippen LogP contribution in [0.4, 0.5) is 23.1 Å². The summed E-state index contributed by atoms with van der Waals surface area (Å²) in [5, 5.41) is 5.88. The van der Waals surface area contributed by atoms with Crippen molar-refractivity contribution in [2.45, 2.75) is 0 Å². The number of nitrogens with two attached hydrogens (primary N) is 1. The molecular weight excluding hydrogens is 460 g/mol. The molecule has 36 heavy (non-hydrogen) atoms. The summed E-state index contributed by atoms with van der Waals surface area (Å²) in [5.74, 6) is 0.0983. The standard InChI is InChI=1S/C25H24N8O3/c1-2-20(34)28-18-7-4-8-19(14-18)33-15-27-21-22(26)30-25(31-23(21)33)29-17-6-3-5-16(13-17)24(35)32-9-11-36-12-10-32/h2-8,13-15H,1,9-12H2,(H,28,34)(H3,26,29,30,31). The topological polar surface area (TPSA) is 140 Å². The fourth-order valence-corrected chi connectivity index (χ4v) is 3.90. The fraction of sp³-hybridized carbons (Fsp3) is 0.160. The van der Waals surface area contributed by atoms with Crippen LogP contribution in [0.5, 0.6) is 0 Å². The first-order valence-electron chi connectivity index (χ1n) is 11.3. The second-order valence-corrected chi connectivity index (χ2v) is 8.07. The van der Waals surface area contributed by atoms with Gasteiger partial charge in [-0.05, 0) is 42.5 Å². The maximum absolute atomic E-state index is 12.9. The minimum atomic E-state index is -0.310. The fourth-order valence-electron chi connectivity index (χ4n) is 3.90. The monoisotopic (exact) mass is 484 g/mol. The van der Waals surface area contributed by atoms with Gasteiger partial charge in [0, 0.05) is 30.0 Å². The van der Waals surface area contributed by atoms with E-state index in [2.05, 4.69) is 32.2 Å². The van der Waals surface area contributed by atoms with E-state index in [4.69, 9.17) is 10.5 Å². The second-order valence-electron chi connectivity index (χ2n) is 8.07. The van der Waals surface area contributed by atoms with E-state index < -0.39 is 0 Å². The molecule has 0 radical (unpaired) electrons. The number of benzene rings is 2. The number of hydrogen-bond acceptors (Lipinski definition) is 8. The van der Waals surface area contributed by atoms with Crippen LogP contribution in [-0.2, 0) is 9.53 Å². The molecule has 2 aromatic carbocycles. The highest BCUT2D eigenvalue weighted by molar-refractivity contribution is 5.99. The van der Waals surface area contributed by atoms with E-state index in [1.807, 2.05) is 12.1 Å². The smallest absolute Gasteiger partial charge is 0.254 e. The maximum atomic E-state index is 12.9. The highest BCUT2D eigenvalue weighted by Gasteiger charge is 2.19. The van der Waals surface area contributed by atoms with Crippen LogP contribution in [-0.4, -0.2) is 62.5 Å². The Balaban J connectivity index is 1.44. The van der Waals surface area contributed by atoms with Crippen molar-refractivity contribution in [2.24, 2.45) is 0 Å². The molecule has 2 amide bonds. The Morgan fingerprint density at radius 2 is 1.83 bits per heavy atom. The molecule has 0 aliphatic carbocycles. The first kappa shape index (κ1) is 23.0. The molecule has 0 atom stereocenters. The van der Waals surface area contributed by atoms with Gasteiger partial charge in [0.15, 0.2) is 17.0 Å². The molecule has 11 heteroatoms. The molecule has 5 rings (SSSR count). The van der Waals surface area contributed by atoms with Crippen molar-refractivity contribution in [3.05, 3.63) is 73.1 Å². The average molecular weight is 485 g/mol. The third-order valence-corrected chi connectivity index (χ3v) is 5.66. The number of fused-ring (bicyclic) bond motifs is 1. The first-order valence-corrected chi connectivity index (χ1v) is 11.3. The number of imidazole rings is 1. The number of anilines is 4. The maximum Gasteiger partial charge on any atom is 0.254 e. The summed E-state index contributed by atoms with van der Waals surface area (Å²) in [4.78, 5) is 39.6. The lowest BCUT2D eigenvalue weighted by atomic mass is 10.1. The van der Waals surface area contributed by atoms with Gasteiger partial charge in [-0.15, -0.1) is 0 Å². The number of nitrogen functional groups attached to an aromatic ring is 1. The van der Waals surface area contributed by atoms with Gasteiger partial charge < -0.3 is 26.0 Å². The van der Waals surface area contributed by atoms with Gasteiger partial charge in [0.1, 0.15) is 6.33 Å². The molecule has 3 heterocycles. The van der Waals surface area contributed by atoms with Crippen molar-refractivity contribution >= 4 is 46.1 Å². The zero-order valence-electron chi connectivity index (χ0n) is 19.3. The van der Waals surface area contributed by atoms with E-state index >= 15 is 0 Å². The lowest BCUT2D eigenvalue weighted by molar-refractivity contribution is -0.111. The molecule has 11 nitrogen and oxygen atoms in total. The Labute approximate surface area is 206 Å². The van der Waals surface area contributed by atoms with Crippen LogP contribution in [0.25, 0.3) is 16.9 Å². The molecule has 2 aromatic heterocycles. The summed E-state index contributed by atoms with van der Waals surface area (Å²) in [5.41, 5.74) is 9.63. The molecule has 4 N–H and O–H groups in total. The molecule has 0 bridgehead atoms. The number of amides is 2. The summed E-state index contributed by atoms with van der Waals surface area (Å²) in [6.07, 6.45) is 2.80. The van der Waals surface area contributed by atoms with Crippen molar-refractivity contribution in [3.8, 4) is 5.69 Å². The Kier molecular flexibility index (Phi) is 6.29. The third-order valence-electron chi connectivity index (χ3n) is 5.66. The number of carbonyl (C=O) groups excluding carboxylic acids is 2. The number of hydrogen-bond donors (Lipinski definition) is 3. The number of aromatic nitrogens is 4. The van der Waals surface area contributed by atoms with Crippen LogP contribution in [0.1, 0.15) is 10.4 Å². The van der Waals surface area contributed by atoms with Gasteiger partial charge in [0.05, 0.1) is 18.9 Å². The van der Waals surface area contributed by atoms with E-state index in [0.29, 0.717) is 54.4 Å². The zero-order valence-corrected chi connectivity index (χ0v) is 19.3. The highest BCUT2D eigenvalue weighted by Crippen LogP contribution is 2.25. The summed E-state index contributed by atoms with van der Waals surface area (Å²) in [7, 11) is 0. The van der Waals surface area contributed by atoms with Crippen molar-refractivity contribution in [3.63, 3.8) is 0 Å². The summed E-state index contributed by atoms with van der Waals surface area (Å²) in [6.45, 7) is 5.67. The van der Waals surface area contributed by atoms with Crippen LogP contribution in [0.3, 0.4) is 0 Å². The Morgan fingerprint density at radius 3 is 2.64 bits per heavy atom. The second kappa shape index (κ2) is 9.84. The van der Waals surface area contributed by atoms with Crippen molar-refractivity contribution < 1.29 is 14.3 Å². The quantitative estimate of drug-likeness (QED) is 0.355. The summed E-state index contributed by atoms with van der Waals surface area (Å²) >= 11 is 0. The number of rotatable bonds is 6. The number of ether oxygens (including phenoxy) is 1. The van der Waals surface area contributed by atoms with Crippen molar-refractivity contribution in [2.75, 3.05) is 42.7 Å². The van der Waals surface area contributed by atoms with Crippen LogP contribution < -0.4 is 16.4 Å². The van der Waals surface area contributed by atoms with E-state index in [0.717, 1.165) is 5.69 Å². The lowest BCUT2D eigenvalue weighted by Gasteiger charge is -2.27. The predicted molar refractivity (Wildman–Crippen MR) is 136 cm³/mol. The summed E-state index contributed by atoms with van der Waals surface area (Å²) < 4.78 is 7.08. The van der Waals surface area contributed by atoms with Crippen molar-refractivity contribution in [1.82, 2.24) is 24.4 Å². The minimum Gasteiger partial charge on any atom is -0.382 e. The molecule has 0 spiro atoms. The predicted octanol–water partition coefficient (Wildman–Crippen LogP) is 2.74. The molecule has 0 unspecified atom stereocenters. The number of nitrogens with one attached hydrogen (secondary N) is 2. The van der Waals surface area contributed by atoms with Crippen LogP contribution in [0.2, 0.25) is 0 Å². The van der Waals surface area contributed by atoms with Crippen molar-refractivity contribution in [1.29, 1.82) is 0 Å². The molecule has 182 valence electrons. The Hall–Kier alpha value is -4.77. The zero-order chi connectivity index (χ0) is 25.1. The summed E-state index contributed by atoms with van der Waals surface area (Å²) in [6, 6.07) is 14.4. The minimum absolute atomic E-state index is 0.0562. The SMILES string of the molecule is C=CC(=O)Nc1cccc(-n2cnc3c(N)nc(Nc4cccc(C(=O)N5CCOCC5)c4)nc32)c1.